The molecule has 2 atom stereocenters. The number of halogens is 1. The molecule has 1 aromatic rings. The lowest BCUT2D eigenvalue weighted by Gasteiger charge is -2.30. The van der Waals surface area contributed by atoms with Crippen molar-refractivity contribution in [1.29, 1.82) is 0 Å². The van der Waals surface area contributed by atoms with Gasteiger partial charge in [0.1, 0.15) is 4.99 Å². The Balaban J connectivity index is 2.11. The van der Waals surface area contributed by atoms with E-state index in [2.05, 4.69) is 12.2 Å². The number of ether oxygens (including phenoxy) is 1. The van der Waals surface area contributed by atoms with Crippen LogP contribution in [0.2, 0.25) is 5.02 Å². The van der Waals surface area contributed by atoms with E-state index < -0.39 is 0 Å². The van der Waals surface area contributed by atoms with Crippen LogP contribution in [0.15, 0.2) is 18.2 Å². The van der Waals surface area contributed by atoms with E-state index in [1.165, 1.54) is 0 Å². The lowest BCUT2D eigenvalue weighted by Crippen LogP contribution is -2.36. The molecule has 2 unspecified atom stereocenters. The quantitative estimate of drug-likeness (QED) is 0.838. The maximum Gasteiger partial charge on any atom is 0.104 e. The summed E-state index contributed by atoms with van der Waals surface area (Å²) < 4.78 is 5.42. The van der Waals surface area contributed by atoms with Crippen molar-refractivity contribution in [3.05, 3.63) is 28.8 Å². The van der Waals surface area contributed by atoms with Crippen LogP contribution in [0, 0.1) is 5.92 Å². The van der Waals surface area contributed by atoms with Gasteiger partial charge in [0.25, 0.3) is 0 Å². The SMILES string of the molecule is CC1COCCC1Nc1ccc(C(N)=S)cc1Cl. The van der Waals surface area contributed by atoms with Gasteiger partial charge in [-0.15, -0.1) is 0 Å². The summed E-state index contributed by atoms with van der Waals surface area (Å²) in [6.07, 6.45) is 0.995. The predicted molar refractivity (Wildman–Crippen MR) is 79.4 cm³/mol. The van der Waals surface area contributed by atoms with Crippen molar-refractivity contribution in [2.45, 2.75) is 19.4 Å². The number of hydrogen-bond donors (Lipinski definition) is 2. The number of hydrogen-bond acceptors (Lipinski definition) is 3. The predicted octanol–water partition coefficient (Wildman–Crippen LogP) is 2.81. The molecule has 0 bridgehead atoms. The zero-order chi connectivity index (χ0) is 13.1. The Morgan fingerprint density at radius 2 is 2.33 bits per heavy atom. The first kappa shape index (κ1) is 13.6. The molecular formula is C13H17ClN2OS. The Kier molecular flexibility index (Phi) is 4.43. The maximum atomic E-state index is 6.23. The van der Waals surface area contributed by atoms with Crippen LogP contribution in [0.5, 0.6) is 0 Å². The minimum atomic E-state index is 0.364. The monoisotopic (exact) mass is 284 g/mol. The smallest absolute Gasteiger partial charge is 0.104 e. The van der Waals surface area contributed by atoms with Crippen LogP contribution < -0.4 is 11.1 Å². The average molecular weight is 285 g/mol. The van der Waals surface area contributed by atoms with Crippen molar-refractivity contribution in [3.8, 4) is 0 Å². The summed E-state index contributed by atoms with van der Waals surface area (Å²) in [6, 6.07) is 6.02. The summed E-state index contributed by atoms with van der Waals surface area (Å²) in [5.74, 6) is 0.477. The minimum Gasteiger partial charge on any atom is -0.389 e. The summed E-state index contributed by atoms with van der Waals surface area (Å²) in [5, 5.41) is 4.12. The lowest BCUT2D eigenvalue weighted by molar-refractivity contribution is 0.0538. The Morgan fingerprint density at radius 1 is 1.56 bits per heavy atom. The number of rotatable bonds is 3. The van der Waals surface area contributed by atoms with Crippen LogP contribution in [0.1, 0.15) is 18.9 Å². The van der Waals surface area contributed by atoms with E-state index in [9.17, 15) is 0 Å². The van der Waals surface area contributed by atoms with Crippen LogP contribution in [0.3, 0.4) is 0 Å². The Morgan fingerprint density at radius 3 is 2.94 bits per heavy atom. The average Bonchev–Trinajstić information content (AvgIpc) is 2.34. The molecule has 1 aromatic carbocycles. The Bertz CT molecular complexity index is 453. The topological polar surface area (TPSA) is 47.3 Å². The van der Waals surface area contributed by atoms with Gasteiger partial charge in [-0.25, -0.2) is 0 Å². The van der Waals surface area contributed by atoms with Crippen LogP contribution in [0.4, 0.5) is 5.69 Å². The molecule has 1 saturated heterocycles. The third kappa shape index (κ3) is 3.13. The largest absolute Gasteiger partial charge is 0.389 e. The van der Waals surface area contributed by atoms with E-state index >= 15 is 0 Å². The molecule has 1 heterocycles. The van der Waals surface area contributed by atoms with Gasteiger partial charge in [-0.05, 0) is 30.5 Å². The van der Waals surface area contributed by atoms with Crippen molar-refractivity contribution >= 4 is 34.5 Å². The normalized spacial score (nSPS) is 23.7. The third-order valence-electron chi connectivity index (χ3n) is 3.24. The molecule has 1 fully saturated rings. The molecule has 1 aliphatic rings. The Labute approximate surface area is 118 Å². The molecular weight excluding hydrogens is 268 g/mol. The molecule has 0 aliphatic carbocycles. The van der Waals surface area contributed by atoms with Gasteiger partial charge in [-0.3, -0.25) is 0 Å². The van der Waals surface area contributed by atoms with Crippen molar-refractivity contribution in [2.75, 3.05) is 18.5 Å². The second kappa shape index (κ2) is 5.87. The molecule has 0 saturated carbocycles. The molecule has 3 nitrogen and oxygen atoms in total. The fourth-order valence-corrected chi connectivity index (χ4v) is 2.44. The van der Waals surface area contributed by atoms with E-state index in [-0.39, 0.29) is 0 Å². The lowest BCUT2D eigenvalue weighted by atomic mass is 9.97. The number of anilines is 1. The molecule has 2 rings (SSSR count). The first-order chi connectivity index (χ1) is 8.58. The van der Waals surface area contributed by atoms with Crippen LogP contribution in [-0.4, -0.2) is 24.2 Å². The number of nitrogens with one attached hydrogen (secondary N) is 1. The summed E-state index contributed by atoms with van der Waals surface area (Å²) in [4.78, 5) is 0.364. The van der Waals surface area contributed by atoms with Gasteiger partial charge in [-0.1, -0.05) is 30.7 Å². The van der Waals surface area contributed by atoms with Crippen molar-refractivity contribution in [2.24, 2.45) is 11.7 Å². The fraction of sp³-hybridized carbons (Fsp3) is 0.462. The van der Waals surface area contributed by atoms with E-state index in [1.807, 2.05) is 12.1 Å². The molecule has 98 valence electrons. The first-order valence-electron chi connectivity index (χ1n) is 6.01. The third-order valence-corrected chi connectivity index (χ3v) is 3.78. The second-order valence-corrected chi connectivity index (χ2v) is 5.50. The molecule has 0 radical (unpaired) electrons. The van der Waals surface area contributed by atoms with Crippen molar-refractivity contribution < 1.29 is 4.74 Å². The minimum absolute atomic E-state index is 0.364. The van der Waals surface area contributed by atoms with Crippen LogP contribution in [-0.2, 0) is 4.74 Å². The highest BCUT2D eigenvalue weighted by molar-refractivity contribution is 7.80. The molecule has 0 spiro atoms. The van der Waals surface area contributed by atoms with Gasteiger partial charge in [0.05, 0.1) is 17.3 Å². The number of nitrogens with two attached hydrogens (primary N) is 1. The van der Waals surface area contributed by atoms with Gasteiger partial charge in [0, 0.05) is 18.2 Å². The van der Waals surface area contributed by atoms with Gasteiger partial charge in [-0.2, -0.15) is 0 Å². The highest BCUT2D eigenvalue weighted by atomic mass is 35.5. The van der Waals surface area contributed by atoms with Gasteiger partial charge < -0.3 is 15.8 Å². The molecule has 5 heteroatoms. The first-order valence-corrected chi connectivity index (χ1v) is 6.80. The molecule has 0 amide bonds. The zero-order valence-electron chi connectivity index (χ0n) is 10.3. The van der Waals surface area contributed by atoms with Crippen LogP contribution >= 0.6 is 23.8 Å². The van der Waals surface area contributed by atoms with Crippen molar-refractivity contribution in [3.63, 3.8) is 0 Å². The number of benzene rings is 1. The van der Waals surface area contributed by atoms with E-state index in [4.69, 9.17) is 34.3 Å². The van der Waals surface area contributed by atoms with Gasteiger partial charge >= 0.3 is 0 Å². The van der Waals surface area contributed by atoms with Crippen LogP contribution in [0.25, 0.3) is 0 Å². The zero-order valence-corrected chi connectivity index (χ0v) is 11.9. The maximum absolute atomic E-state index is 6.23. The van der Waals surface area contributed by atoms with E-state index in [1.54, 1.807) is 6.07 Å². The summed E-state index contributed by atoms with van der Waals surface area (Å²) >= 11 is 11.2. The second-order valence-electron chi connectivity index (χ2n) is 4.65. The molecule has 18 heavy (non-hydrogen) atoms. The van der Waals surface area contributed by atoms with E-state index in [0.29, 0.717) is 22.0 Å². The Hall–Kier alpha value is -0.840. The molecule has 3 N–H and O–H groups in total. The van der Waals surface area contributed by atoms with Crippen molar-refractivity contribution in [1.82, 2.24) is 0 Å². The molecule has 0 aromatic heterocycles. The highest BCUT2D eigenvalue weighted by Gasteiger charge is 2.22. The summed E-state index contributed by atoms with van der Waals surface area (Å²) in [5.41, 5.74) is 7.29. The summed E-state index contributed by atoms with van der Waals surface area (Å²) in [7, 11) is 0. The summed E-state index contributed by atoms with van der Waals surface area (Å²) in [6.45, 7) is 3.76. The highest BCUT2D eigenvalue weighted by Crippen LogP contribution is 2.27. The van der Waals surface area contributed by atoms with Gasteiger partial charge in [0.15, 0.2) is 0 Å². The molecule has 1 aliphatic heterocycles. The standard InChI is InChI=1S/C13H17ClN2OS/c1-8-7-17-5-4-11(8)16-12-3-2-9(13(15)18)6-10(12)14/h2-3,6,8,11,16H,4-5,7H2,1H3,(H2,15,18). The van der Waals surface area contributed by atoms with E-state index in [0.717, 1.165) is 30.9 Å². The van der Waals surface area contributed by atoms with Gasteiger partial charge in [0.2, 0.25) is 0 Å². The fourth-order valence-electron chi connectivity index (χ4n) is 2.08. The number of thiocarbonyl (C=S) groups is 1.